The van der Waals surface area contributed by atoms with Crippen LogP contribution in [-0.2, 0) is 0 Å². The second-order valence-corrected chi connectivity index (χ2v) is 3.57. The van der Waals surface area contributed by atoms with Crippen LogP contribution in [0.3, 0.4) is 0 Å². The van der Waals surface area contributed by atoms with Crippen LogP contribution in [0.5, 0.6) is 0 Å². The molecule has 0 radical (unpaired) electrons. The van der Waals surface area contributed by atoms with E-state index in [1.54, 1.807) is 0 Å². The SMILES string of the molecule is CC1=NN(c2ccccc2Cl)CC1. The van der Waals surface area contributed by atoms with E-state index in [4.69, 9.17) is 11.6 Å². The fraction of sp³-hybridized carbons (Fsp3) is 0.300. The first kappa shape index (κ1) is 8.57. The Morgan fingerprint density at radius 1 is 1.38 bits per heavy atom. The monoisotopic (exact) mass is 194 g/mol. The van der Waals surface area contributed by atoms with Crippen LogP contribution in [0.2, 0.25) is 5.02 Å². The zero-order valence-electron chi connectivity index (χ0n) is 7.50. The third-order valence-corrected chi connectivity index (χ3v) is 2.43. The molecule has 3 heteroatoms. The molecule has 0 fully saturated rings. The highest BCUT2D eigenvalue weighted by Crippen LogP contribution is 2.27. The lowest BCUT2D eigenvalue weighted by Gasteiger charge is -2.14. The van der Waals surface area contributed by atoms with Gasteiger partial charge in [-0.05, 0) is 19.1 Å². The van der Waals surface area contributed by atoms with E-state index in [-0.39, 0.29) is 0 Å². The second kappa shape index (κ2) is 3.38. The molecule has 0 bridgehead atoms. The van der Waals surface area contributed by atoms with E-state index < -0.39 is 0 Å². The van der Waals surface area contributed by atoms with E-state index in [1.807, 2.05) is 36.2 Å². The van der Waals surface area contributed by atoms with E-state index in [9.17, 15) is 0 Å². The molecule has 13 heavy (non-hydrogen) atoms. The van der Waals surface area contributed by atoms with Crippen LogP contribution in [-0.4, -0.2) is 12.3 Å². The highest BCUT2D eigenvalue weighted by molar-refractivity contribution is 6.33. The number of rotatable bonds is 1. The van der Waals surface area contributed by atoms with Crippen LogP contribution in [0.1, 0.15) is 13.3 Å². The van der Waals surface area contributed by atoms with Crippen LogP contribution in [0.4, 0.5) is 5.69 Å². The van der Waals surface area contributed by atoms with Crippen molar-refractivity contribution in [1.82, 2.24) is 0 Å². The Balaban J connectivity index is 2.31. The number of halogens is 1. The zero-order chi connectivity index (χ0) is 9.26. The Hall–Kier alpha value is -1.02. The summed E-state index contributed by atoms with van der Waals surface area (Å²) < 4.78 is 0. The molecular weight excluding hydrogens is 184 g/mol. The number of hydrogen-bond acceptors (Lipinski definition) is 2. The zero-order valence-corrected chi connectivity index (χ0v) is 8.25. The summed E-state index contributed by atoms with van der Waals surface area (Å²) in [6.07, 6.45) is 1.03. The van der Waals surface area contributed by atoms with Gasteiger partial charge in [-0.25, -0.2) is 0 Å². The molecule has 0 spiro atoms. The van der Waals surface area contributed by atoms with Crippen molar-refractivity contribution in [2.45, 2.75) is 13.3 Å². The molecule has 0 saturated carbocycles. The van der Waals surface area contributed by atoms with Gasteiger partial charge in [-0.2, -0.15) is 5.10 Å². The number of anilines is 1. The molecule has 2 nitrogen and oxygen atoms in total. The molecule has 0 N–H and O–H groups in total. The van der Waals surface area contributed by atoms with Gasteiger partial charge >= 0.3 is 0 Å². The summed E-state index contributed by atoms with van der Waals surface area (Å²) in [5.74, 6) is 0. The maximum atomic E-state index is 6.04. The maximum absolute atomic E-state index is 6.04. The summed E-state index contributed by atoms with van der Waals surface area (Å²) in [6, 6.07) is 7.79. The highest BCUT2D eigenvalue weighted by Gasteiger charge is 2.14. The fourth-order valence-electron chi connectivity index (χ4n) is 1.41. The van der Waals surface area contributed by atoms with Gasteiger partial charge < -0.3 is 0 Å². The van der Waals surface area contributed by atoms with E-state index in [1.165, 1.54) is 5.71 Å². The van der Waals surface area contributed by atoms with Crippen LogP contribution in [0.15, 0.2) is 29.4 Å². The number of nitrogens with zero attached hydrogens (tertiary/aromatic N) is 2. The molecule has 2 rings (SSSR count). The van der Waals surface area contributed by atoms with E-state index in [0.29, 0.717) is 0 Å². The minimum absolute atomic E-state index is 0.765. The summed E-state index contributed by atoms with van der Waals surface area (Å²) in [6.45, 7) is 2.98. The Morgan fingerprint density at radius 2 is 2.15 bits per heavy atom. The molecule has 68 valence electrons. The average Bonchev–Trinajstić information content (AvgIpc) is 2.53. The van der Waals surface area contributed by atoms with Gasteiger partial charge in [0.1, 0.15) is 0 Å². The van der Waals surface area contributed by atoms with Crippen LogP contribution in [0, 0.1) is 0 Å². The predicted molar refractivity (Wildman–Crippen MR) is 56.5 cm³/mol. The maximum Gasteiger partial charge on any atom is 0.0780 e. The number of benzene rings is 1. The normalized spacial score (nSPS) is 16.2. The third kappa shape index (κ3) is 1.68. The van der Waals surface area contributed by atoms with Crippen LogP contribution < -0.4 is 5.01 Å². The molecule has 1 aliphatic heterocycles. The van der Waals surface area contributed by atoms with Crippen molar-refractivity contribution in [2.75, 3.05) is 11.6 Å². The molecule has 0 unspecified atom stereocenters. The van der Waals surface area contributed by atoms with E-state index >= 15 is 0 Å². The van der Waals surface area contributed by atoms with E-state index in [0.717, 1.165) is 23.7 Å². The topological polar surface area (TPSA) is 15.6 Å². The first-order valence-electron chi connectivity index (χ1n) is 4.33. The lowest BCUT2D eigenvalue weighted by atomic mass is 10.3. The lowest BCUT2D eigenvalue weighted by Crippen LogP contribution is -2.11. The smallest absolute Gasteiger partial charge is 0.0780 e. The van der Waals surface area contributed by atoms with Gasteiger partial charge in [-0.1, -0.05) is 23.7 Å². The van der Waals surface area contributed by atoms with Gasteiger partial charge in [-0.15, -0.1) is 0 Å². The lowest BCUT2D eigenvalue weighted by molar-refractivity contribution is 0.922. The Kier molecular flexibility index (Phi) is 2.23. The van der Waals surface area contributed by atoms with Gasteiger partial charge in [0.15, 0.2) is 0 Å². The van der Waals surface area contributed by atoms with Crippen LogP contribution >= 0.6 is 11.6 Å². The molecular formula is C10H11ClN2. The first-order chi connectivity index (χ1) is 6.27. The third-order valence-electron chi connectivity index (χ3n) is 2.11. The first-order valence-corrected chi connectivity index (χ1v) is 4.71. The van der Waals surface area contributed by atoms with Crippen molar-refractivity contribution in [1.29, 1.82) is 0 Å². The van der Waals surface area contributed by atoms with Crippen LogP contribution in [0.25, 0.3) is 0 Å². The molecule has 0 amide bonds. The Bertz CT molecular complexity index is 347. The largest absolute Gasteiger partial charge is 0.264 e. The summed E-state index contributed by atoms with van der Waals surface area (Å²) in [5.41, 5.74) is 2.17. The molecule has 1 aliphatic rings. The molecule has 1 aromatic rings. The molecule has 1 heterocycles. The predicted octanol–water partition coefficient (Wildman–Crippen LogP) is 2.93. The molecule has 1 aromatic carbocycles. The minimum Gasteiger partial charge on any atom is -0.264 e. The summed E-state index contributed by atoms with van der Waals surface area (Å²) >= 11 is 6.04. The molecule has 0 saturated heterocycles. The molecule has 0 aliphatic carbocycles. The number of hydrazone groups is 1. The van der Waals surface area contributed by atoms with Gasteiger partial charge in [0, 0.05) is 18.7 Å². The minimum atomic E-state index is 0.765. The summed E-state index contributed by atoms with van der Waals surface area (Å²) in [7, 11) is 0. The van der Waals surface area contributed by atoms with Crippen molar-refractivity contribution in [2.24, 2.45) is 5.10 Å². The molecule has 0 atom stereocenters. The summed E-state index contributed by atoms with van der Waals surface area (Å²) in [5, 5.41) is 7.11. The second-order valence-electron chi connectivity index (χ2n) is 3.16. The van der Waals surface area contributed by atoms with Gasteiger partial charge in [0.2, 0.25) is 0 Å². The quantitative estimate of drug-likeness (QED) is 0.671. The number of para-hydroxylation sites is 1. The Morgan fingerprint density at radius 3 is 2.77 bits per heavy atom. The van der Waals surface area contributed by atoms with Crippen molar-refractivity contribution >= 4 is 23.0 Å². The Labute approximate surface area is 82.8 Å². The highest BCUT2D eigenvalue weighted by atomic mass is 35.5. The standard InChI is InChI=1S/C10H11ClN2/c1-8-6-7-13(12-8)10-5-3-2-4-9(10)11/h2-5H,6-7H2,1H3. The van der Waals surface area contributed by atoms with E-state index in [2.05, 4.69) is 5.10 Å². The van der Waals surface area contributed by atoms with Gasteiger partial charge in [-0.3, -0.25) is 5.01 Å². The number of hydrogen-bond donors (Lipinski definition) is 0. The average molecular weight is 195 g/mol. The van der Waals surface area contributed by atoms with Crippen molar-refractivity contribution in [3.05, 3.63) is 29.3 Å². The fourth-order valence-corrected chi connectivity index (χ4v) is 1.64. The molecule has 0 aromatic heterocycles. The van der Waals surface area contributed by atoms with Crippen molar-refractivity contribution < 1.29 is 0 Å². The van der Waals surface area contributed by atoms with Crippen molar-refractivity contribution in [3.8, 4) is 0 Å². The van der Waals surface area contributed by atoms with Gasteiger partial charge in [0.25, 0.3) is 0 Å². The van der Waals surface area contributed by atoms with Crippen molar-refractivity contribution in [3.63, 3.8) is 0 Å². The van der Waals surface area contributed by atoms with Gasteiger partial charge in [0.05, 0.1) is 10.7 Å². The summed E-state index contributed by atoms with van der Waals surface area (Å²) in [4.78, 5) is 0.